The number of ether oxygens (including phenoxy) is 1. The molecule has 0 fully saturated rings. The Bertz CT molecular complexity index is 855. The van der Waals surface area contributed by atoms with Crippen molar-refractivity contribution in [1.29, 1.82) is 0 Å². The predicted molar refractivity (Wildman–Crippen MR) is 93.5 cm³/mol. The minimum atomic E-state index is -4.63. The first-order chi connectivity index (χ1) is 13.0. The number of nitrogens with one attached hydrogen (secondary N) is 1. The molecule has 0 aliphatic carbocycles. The Morgan fingerprint density at radius 2 is 1.75 bits per heavy atom. The van der Waals surface area contributed by atoms with E-state index in [1.165, 1.54) is 37.3 Å². The SMILES string of the molecule is CC(=O)NCCC(Oc1cccc(C(F)(F)F)c1)(C(=O)[O-])c1ccc(Cl)cc1. The highest BCUT2D eigenvalue weighted by Gasteiger charge is 2.37. The fourth-order valence-electron chi connectivity index (χ4n) is 2.59. The van der Waals surface area contributed by atoms with E-state index < -0.39 is 29.2 Å². The summed E-state index contributed by atoms with van der Waals surface area (Å²) in [7, 11) is 0. The molecule has 9 heteroatoms. The maximum absolute atomic E-state index is 13.0. The number of halogens is 4. The molecule has 1 amide bonds. The minimum absolute atomic E-state index is 0.106. The Hall–Kier alpha value is -2.74. The molecule has 1 N–H and O–H groups in total. The molecular formula is C19H16ClF3NO4-. The molecule has 0 saturated carbocycles. The second-order valence-corrected chi connectivity index (χ2v) is 6.42. The molecule has 0 bridgehead atoms. The number of benzene rings is 2. The third-order valence-electron chi connectivity index (χ3n) is 3.94. The number of hydrogen-bond acceptors (Lipinski definition) is 4. The molecule has 0 heterocycles. The van der Waals surface area contributed by atoms with Crippen molar-refractivity contribution < 1.29 is 32.6 Å². The minimum Gasteiger partial charge on any atom is -0.545 e. The van der Waals surface area contributed by atoms with Crippen LogP contribution in [0.4, 0.5) is 13.2 Å². The number of aliphatic carboxylic acids is 1. The van der Waals surface area contributed by atoms with Crippen LogP contribution in [0.25, 0.3) is 0 Å². The molecule has 150 valence electrons. The highest BCUT2D eigenvalue weighted by Crippen LogP contribution is 2.36. The summed E-state index contributed by atoms with van der Waals surface area (Å²) in [5.41, 5.74) is -3.02. The Morgan fingerprint density at radius 1 is 1.11 bits per heavy atom. The number of rotatable bonds is 7. The van der Waals surface area contributed by atoms with E-state index in [0.29, 0.717) is 11.1 Å². The Kier molecular flexibility index (Phi) is 6.56. The molecule has 28 heavy (non-hydrogen) atoms. The van der Waals surface area contributed by atoms with Crippen LogP contribution in [0.1, 0.15) is 24.5 Å². The summed E-state index contributed by atoms with van der Waals surface area (Å²) in [5, 5.41) is 14.8. The molecule has 2 aromatic rings. The fraction of sp³-hybridized carbons (Fsp3) is 0.263. The van der Waals surface area contributed by atoms with Gasteiger partial charge in [0.15, 0.2) is 5.60 Å². The molecule has 0 radical (unpaired) electrons. The van der Waals surface area contributed by atoms with Crippen LogP contribution >= 0.6 is 11.6 Å². The molecule has 0 aliphatic heterocycles. The van der Waals surface area contributed by atoms with Gasteiger partial charge in [0.1, 0.15) is 5.75 Å². The van der Waals surface area contributed by atoms with Gasteiger partial charge in [-0.1, -0.05) is 29.8 Å². The van der Waals surface area contributed by atoms with Gasteiger partial charge in [-0.25, -0.2) is 0 Å². The lowest BCUT2D eigenvalue weighted by atomic mass is 9.89. The summed E-state index contributed by atoms with van der Waals surface area (Å²) in [6, 6.07) is 9.44. The van der Waals surface area contributed by atoms with Gasteiger partial charge in [0.25, 0.3) is 0 Å². The summed E-state index contributed by atoms with van der Waals surface area (Å²) in [6.45, 7) is 1.14. The Labute approximate surface area is 164 Å². The molecule has 2 aromatic carbocycles. The number of carboxylic acid groups (broad SMARTS) is 1. The molecule has 0 aliphatic rings. The van der Waals surface area contributed by atoms with Crippen LogP contribution in [0.15, 0.2) is 48.5 Å². The van der Waals surface area contributed by atoms with Crippen LogP contribution < -0.4 is 15.2 Å². The molecular weight excluding hydrogens is 399 g/mol. The first-order valence-corrected chi connectivity index (χ1v) is 8.50. The zero-order chi connectivity index (χ0) is 20.9. The van der Waals surface area contributed by atoms with E-state index in [1.807, 2.05) is 0 Å². The van der Waals surface area contributed by atoms with E-state index in [0.717, 1.165) is 12.1 Å². The summed E-state index contributed by atoms with van der Waals surface area (Å²) in [4.78, 5) is 23.2. The zero-order valence-electron chi connectivity index (χ0n) is 14.7. The number of carbonyl (C=O) groups excluding carboxylic acids is 2. The molecule has 1 unspecified atom stereocenters. The van der Waals surface area contributed by atoms with Crippen LogP contribution in [0.3, 0.4) is 0 Å². The van der Waals surface area contributed by atoms with E-state index in [2.05, 4.69) is 5.32 Å². The van der Waals surface area contributed by atoms with Crippen molar-refractivity contribution in [3.8, 4) is 5.75 Å². The lowest BCUT2D eigenvalue weighted by Gasteiger charge is -2.36. The van der Waals surface area contributed by atoms with Crippen molar-refractivity contribution in [2.75, 3.05) is 6.54 Å². The smallest absolute Gasteiger partial charge is 0.416 e. The number of carbonyl (C=O) groups is 2. The monoisotopic (exact) mass is 414 g/mol. The lowest BCUT2D eigenvalue weighted by molar-refractivity contribution is -0.324. The highest BCUT2D eigenvalue weighted by molar-refractivity contribution is 6.30. The first kappa shape index (κ1) is 21.6. The van der Waals surface area contributed by atoms with Crippen molar-refractivity contribution in [3.63, 3.8) is 0 Å². The third kappa shape index (κ3) is 5.16. The lowest BCUT2D eigenvalue weighted by Crippen LogP contribution is -2.51. The standard InChI is InChI=1S/C19H17ClF3NO4/c1-12(25)24-10-9-18(17(26)27,13-5-7-15(20)8-6-13)28-16-4-2-3-14(11-16)19(21,22)23/h2-8,11H,9-10H2,1H3,(H,24,25)(H,26,27)/p-1. The van der Waals surface area contributed by atoms with Gasteiger partial charge < -0.3 is 20.0 Å². The topological polar surface area (TPSA) is 78.5 Å². The molecule has 5 nitrogen and oxygen atoms in total. The van der Waals surface area contributed by atoms with E-state index in [9.17, 15) is 27.9 Å². The normalized spacial score (nSPS) is 13.5. The van der Waals surface area contributed by atoms with Crippen LogP contribution in [-0.2, 0) is 21.4 Å². The Morgan fingerprint density at radius 3 is 2.29 bits per heavy atom. The second kappa shape index (κ2) is 8.52. The summed E-state index contributed by atoms with van der Waals surface area (Å²) in [6.07, 6.45) is -4.91. The highest BCUT2D eigenvalue weighted by atomic mass is 35.5. The van der Waals surface area contributed by atoms with Gasteiger partial charge in [-0.05, 0) is 30.3 Å². The quantitative estimate of drug-likeness (QED) is 0.755. The van der Waals surface area contributed by atoms with Crippen molar-refractivity contribution in [2.45, 2.75) is 25.1 Å². The maximum Gasteiger partial charge on any atom is 0.416 e. The van der Waals surface area contributed by atoms with Crippen LogP contribution in [0.5, 0.6) is 5.75 Å². The summed E-state index contributed by atoms with van der Waals surface area (Å²) >= 11 is 5.83. The second-order valence-electron chi connectivity index (χ2n) is 5.98. The Balaban J connectivity index is 2.48. The number of amides is 1. The fourth-order valence-corrected chi connectivity index (χ4v) is 2.71. The van der Waals surface area contributed by atoms with Crippen LogP contribution in [0.2, 0.25) is 5.02 Å². The van der Waals surface area contributed by atoms with Gasteiger partial charge in [-0.15, -0.1) is 0 Å². The predicted octanol–water partition coefficient (Wildman–Crippen LogP) is 2.91. The number of carboxylic acids is 1. The van der Waals surface area contributed by atoms with Crippen LogP contribution in [-0.4, -0.2) is 18.4 Å². The van der Waals surface area contributed by atoms with Gasteiger partial charge in [-0.3, -0.25) is 4.79 Å². The van der Waals surface area contributed by atoms with E-state index in [4.69, 9.17) is 16.3 Å². The van der Waals surface area contributed by atoms with Gasteiger partial charge >= 0.3 is 6.18 Å². The third-order valence-corrected chi connectivity index (χ3v) is 4.20. The molecule has 1 atom stereocenters. The van der Waals surface area contributed by atoms with Crippen molar-refractivity contribution >= 4 is 23.5 Å². The number of alkyl halides is 3. The van der Waals surface area contributed by atoms with Crippen molar-refractivity contribution in [2.24, 2.45) is 0 Å². The average Bonchev–Trinajstić information content (AvgIpc) is 2.60. The molecule has 0 saturated heterocycles. The summed E-state index contributed by atoms with van der Waals surface area (Å²) < 4.78 is 44.5. The van der Waals surface area contributed by atoms with Gasteiger partial charge in [0.2, 0.25) is 5.91 Å². The van der Waals surface area contributed by atoms with Gasteiger partial charge in [0.05, 0.1) is 11.5 Å². The molecule has 0 spiro atoms. The van der Waals surface area contributed by atoms with E-state index in [-0.39, 0.29) is 24.3 Å². The number of hydrogen-bond donors (Lipinski definition) is 1. The maximum atomic E-state index is 13.0. The average molecular weight is 415 g/mol. The van der Waals surface area contributed by atoms with E-state index >= 15 is 0 Å². The molecule has 0 aromatic heterocycles. The first-order valence-electron chi connectivity index (χ1n) is 8.13. The zero-order valence-corrected chi connectivity index (χ0v) is 15.4. The van der Waals surface area contributed by atoms with Crippen molar-refractivity contribution in [1.82, 2.24) is 5.32 Å². The van der Waals surface area contributed by atoms with E-state index in [1.54, 1.807) is 0 Å². The van der Waals surface area contributed by atoms with Crippen LogP contribution in [0, 0.1) is 0 Å². The van der Waals surface area contributed by atoms with Gasteiger partial charge in [-0.2, -0.15) is 13.2 Å². The van der Waals surface area contributed by atoms with Gasteiger partial charge in [0, 0.05) is 30.5 Å². The van der Waals surface area contributed by atoms with Crippen molar-refractivity contribution in [3.05, 3.63) is 64.7 Å². The summed E-state index contributed by atoms with van der Waals surface area (Å²) in [5.74, 6) is -2.38. The molecule has 2 rings (SSSR count). The largest absolute Gasteiger partial charge is 0.545 e.